The van der Waals surface area contributed by atoms with Crippen LogP contribution in [0.4, 0.5) is 16.2 Å². The minimum atomic E-state index is -0.199. The molecule has 1 N–H and O–H groups in total. The summed E-state index contributed by atoms with van der Waals surface area (Å²) in [6, 6.07) is 19.3. The number of anilines is 2. The minimum absolute atomic E-state index is 0.199. The Hall–Kier alpha value is -2.95. The standard InChI is InChI=1S/C24H27FN4/c25-22-8-6-19(7-9-22)10-14-26-23-11-15-27-24(28-23)29-16-12-21(13-17-29)18-20-4-2-1-3-5-20/h1-9,11,15,21H,10,12-14,16-18H2,(H,26,27,28). The summed E-state index contributed by atoms with van der Waals surface area (Å²) in [4.78, 5) is 11.5. The monoisotopic (exact) mass is 390 g/mol. The van der Waals surface area contributed by atoms with Crippen LogP contribution in [0.5, 0.6) is 0 Å². The van der Waals surface area contributed by atoms with Gasteiger partial charge in [-0.05, 0) is 60.9 Å². The Bertz CT molecular complexity index is 890. The predicted molar refractivity (Wildman–Crippen MR) is 116 cm³/mol. The molecule has 1 aliphatic heterocycles. The minimum Gasteiger partial charge on any atom is -0.370 e. The number of aromatic nitrogens is 2. The van der Waals surface area contributed by atoms with Crippen LogP contribution >= 0.6 is 0 Å². The number of rotatable bonds is 7. The van der Waals surface area contributed by atoms with Crippen LogP contribution in [0.3, 0.4) is 0 Å². The van der Waals surface area contributed by atoms with Crippen LogP contribution in [0.15, 0.2) is 66.9 Å². The van der Waals surface area contributed by atoms with Gasteiger partial charge >= 0.3 is 0 Å². The Morgan fingerprint density at radius 2 is 1.69 bits per heavy atom. The van der Waals surface area contributed by atoms with Crippen molar-refractivity contribution in [3.05, 3.63) is 83.8 Å². The van der Waals surface area contributed by atoms with E-state index in [0.29, 0.717) is 0 Å². The van der Waals surface area contributed by atoms with Gasteiger partial charge in [-0.15, -0.1) is 0 Å². The summed E-state index contributed by atoms with van der Waals surface area (Å²) in [7, 11) is 0. The molecule has 4 nitrogen and oxygen atoms in total. The lowest BCUT2D eigenvalue weighted by Gasteiger charge is -2.32. The Labute approximate surface area is 171 Å². The fourth-order valence-corrected chi connectivity index (χ4v) is 3.87. The van der Waals surface area contributed by atoms with E-state index in [4.69, 9.17) is 4.98 Å². The van der Waals surface area contributed by atoms with E-state index in [1.807, 2.05) is 24.4 Å². The lowest BCUT2D eigenvalue weighted by molar-refractivity contribution is 0.400. The quantitative estimate of drug-likeness (QED) is 0.633. The predicted octanol–water partition coefficient (Wildman–Crippen LogP) is 4.73. The first-order valence-corrected chi connectivity index (χ1v) is 10.4. The van der Waals surface area contributed by atoms with E-state index in [1.54, 1.807) is 0 Å². The molecule has 1 fully saturated rings. The van der Waals surface area contributed by atoms with Gasteiger partial charge in [-0.25, -0.2) is 9.37 Å². The molecule has 29 heavy (non-hydrogen) atoms. The van der Waals surface area contributed by atoms with Gasteiger partial charge in [0.15, 0.2) is 0 Å². The zero-order chi connectivity index (χ0) is 19.9. The van der Waals surface area contributed by atoms with E-state index in [2.05, 4.69) is 45.5 Å². The summed E-state index contributed by atoms with van der Waals surface area (Å²) in [6.07, 6.45) is 6.13. The van der Waals surface area contributed by atoms with Crippen LogP contribution in [0.1, 0.15) is 24.0 Å². The first-order valence-electron chi connectivity index (χ1n) is 10.4. The van der Waals surface area contributed by atoms with Gasteiger partial charge in [0.05, 0.1) is 0 Å². The molecular formula is C24H27FN4. The SMILES string of the molecule is Fc1ccc(CCNc2ccnc(N3CCC(Cc4ccccc4)CC3)n2)cc1. The third kappa shape index (κ3) is 5.53. The van der Waals surface area contributed by atoms with Crippen molar-refractivity contribution in [3.63, 3.8) is 0 Å². The summed E-state index contributed by atoms with van der Waals surface area (Å²) in [6.45, 7) is 2.74. The second-order valence-corrected chi connectivity index (χ2v) is 7.67. The Morgan fingerprint density at radius 3 is 2.45 bits per heavy atom. The molecule has 1 aromatic heterocycles. The first kappa shape index (κ1) is 19.4. The number of halogens is 1. The van der Waals surface area contributed by atoms with Crippen LogP contribution in [0, 0.1) is 11.7 Å². The van der Waals surface area contributed by atoms with E-state index >= 15 is 0 Å². The molecule has 5 heteroatoms. The molecule has 0 amide bonds. The summed E-state index contributed by atoms with van der Waals surface area (Å²) in [5.74, 6) is 2.17. The molecule has 2 aromatic carbocycles. The Morgan fingerprint density at radius 1 is 0.931 bits per heavy atom. The van der Waals surface area contributed by atoms with Crippen LogP contribution in [-0.4, -0.2) is 29.6 Å². The topological polar surface area (TPSA) is 41.1 Å². The van der Waals surface area contributed by atoms with Gasteiger partial charge in [0.1, 0.15) is 11.6 Å². The molecule has 0 unspecified atom stereocenters. The third-order valence-electron chi connectivity index (χ3n) is 5.54. The maximum Gasteiger partial charge on any atom is 0.227 e. The molecule has 0 spiro atoms. The van der Waals surface area contributed by atoms with Crippen molar-refractivity contribution in [3.8, 4) is 0 Å². The third-order valence-corrected chi connectivity index (χ3v) is 5.54. The van der Waals surface area contributed by atoms with E-state index in [-0.39, 0.29) is 5.82 Å². The lowest BCUT2D eigenvalue weighted by atomic mass is 9.90. The molecule has 4 rings (SSSR count). The van der Waals surface area contributed by atoms with E-state index in [1.165, 1.54) is 30.5 Å². The molecule has 0 atom stereocenters. The highest BCUT2D eigenvalue weighted by molar-refractivity contribution is 5.41. The molecule has 0 bridgehead atoms. The van der Waals surface area contributed by atoms with Crippen LogP contribution < -0.4 is 10.2 Å². The van der Waals surface area contributed by atoms with Crippen molar-refractivity contribution in [2.45, 2.75) is 25.7 Å². The summed E-state index contributed by atoms with van der Waals surface area (Å²) >= 11 is 0. The van der Waals surface area contributed by atoms with Gasteiger partial charge in [0, 0.05) is 25.8 Å². The van der Waals surface area contributed by atoms with Gasteiger partial charge in [-0.2, -0.15) is 4.98 Å². The zero-order valence-corrected chi connectivity index (χ0v) is 16.6. The van der Waals surface area contributed by atoms with Crippen LogP contribution in [0.25, 0.3) is 0 Å². The van der Waals surface area contributed by atoms with Crippen molar-refractivity contribution < 1.29 is 4.39 Å². The van der Waals surface area contributed by atoms with Crippen LogP contribution in [0.2, 0.25) is 0 Å². The van der Waals surface area contributed by atoms with Gasteiger partial charge in [0.25, 0.3) is 0 Å². The number of hydrogen-bond acceptors (Lipinski definition) is 4. The van der Waals surface area contributed by atoms with Crippen molar-refractivity contribution in [2.75, 3.05) is 29.9 Å². The lowest BCUT2D eigenvalue weighted by Crippen LogP contribution is -2.35. The summed E-state index contributed by atoms with van der Waals surface area (Å²) < 4.78 is 13.0. The highest BCUT2D eigenvalue weighted by Crippen LogP contribution is 2.24. The maximum absolute atomic E-state index is 13.0. The molecule has 2 heterocycles. The average Bonchev–Trinajstić information content (AvgIpc) is 2.77. The van der Waals surface area contributed by atoms with E-state index in [9.17, 15) is 4.39 Å². The fraction of sp³-hybridized carbons (Fsp3) is 0.333. The number of nitrogens with one attached hydrogen (secondary N) is 1. The Kier molecular flexibility index (Phi) is 6.35. The molecule has 0 radical (unpaired) electrons. The van der Waals surface area contributed by atoms with Crippen molar-refractivity contribution in [2.24, 2.45) is 5.92 Å². The molecular weight excluding hydrogens is 363 g/mol. The van der Waals surface area contributed by atoms with Gasteiger partial charge in [-0.1, -0.05) is 42.5 Å². The molecule has 1 aliphatic rings. The average molecular weight is 391 g/mol. The van der Waals surface area contributed by atoms with Gasteiger partial charge < -0.3 is 10.2 Å². The number of piperidine rings is 1. The van der Waals surface area contributed by atoms with E-state index in [0.717, 1.165) is 55.7 Å². The highest BCUT2D eigenvalue weighted by atomic mass is 19.1. The van der Waals surface area contributed by atoms with Crippen molar-refractivity contribution in [1.82, 2.24) is 9.97 Å². The van der Waals surface area contributed by atoms with E-state index < -0.39 is 0 Å². The smallest absolute Gasteiger partial charge is 0.227 e. The fourth-order valence-electron chi connectivity index (χ4n) is 3.87. The molecule has 0 saturated carbocycles. The largest absolute Gasteiger partial charge is 0.370 e. The second kappa shape index (κ2) is 9.50. The summed E-state index contributed by atoms with van der Waals surface area (Å²) in [5.41, 5.74) is 2.53. The molecule has 3 aromatic rings. The van der Waals surface area contributed by atoms with Gasteiger partial charge in [-0.3, -0.25) is 0 Å². The van der Waals surface area contributed by atoms with Gasteiger partial charge in [0.2, 0.25) is 5.95 Å². The number of hydrogen-bond donors (Lipinski definition) is 1. The molecule has 0 aliphatic carbocycles. The van der Waals surface area contributed by atoms with Crippen molar-refractivity contribution in [1.29, 1.82) is 0 Å². The molecule has 1 saturated heterocycles. The van der Waals surface area contributed by atoms with Crippen LogP contribution in [-0.2, 0) is 12.8 Å². The number of nitrogens with zero attached hydrogens (tertiary/aromatic N) is 3. The number of benzene rings is 2. The normalized spacial score (nSPS) is 14.7. The van der Waals surface area contributed by atoms with Crippen molar-refractivity contribution >= 4 is 11.8 Å². The highest BCUT2D eigenvalue weighted by Gasteiger charge is 2.21. The second-order valence-electron chi connectivity index (χ2n) is 7.67. The Balaban J connectivity index is 1.27. The molecule has 150 valence electrons. The summed E-state index contributed by atoms with van der Waals surface area (Å²) in [5, 5.41) is 3.36. The first-order chi connectivity index (χ1) is 14.3. The zero-order valence-electron chi connectivity index (χ0n) is 16.6. The maximum atomic E-state index is 13.0.